The Labute approximate surface area is 129 Å². The molecule has 0 fully saturated rings. The minimum absolute atomic E-state index is 0.200. The van der Waals surface area contributed by atoms with Crippen LogP contribution in [0.15, 0.2) is 30.5 Å². The highest BCUT2D eigenvalue weighted by atomic mass is 16.4. The Kier molecular flexibility index (Phi) is 5.20. The van der Waals surface area contributed by atoms with Crippen molar-refractivity contribution in [3.05, 3.63) is 36.0 Å². The first-order chi connectivity index (χ1) is 10.5. The number of aliphatic carboxylic acids is 1. The molecule has 118 valence electrons. The molecule has 5 heteroatoms. The Hall–Kier alpha value is -2.30. The third kappa shape index (κ3) is 3.67. The van der Waals surface area contributed by atoms with E-state index in [0.717, 1.165) is 29.3 Å². The van der Waals surface area contributed by atoms with Crippen LogP contribution >= 0.6 is 0 Å². The molecule has 1 aromatic heterocycles. The van der Waals surface area contributed by atoms with Gasteiger partial charge in [-0.15, -0.1) is 0 Å². The molecule has 0 aliphatic carbocycles. The second-order valence-electron chi connectivity index (χ2n) is 5.55. The van der Waals surface area contributed by atoms with Gasteiger partial charge in [0, 0.05) is 37.0 Å². The third-order valence-corrected chi connectivity index (χ3v) is 3.79. The molecule has 0 saturated carbocycles. The molecule has 2 aromatic rings. The Morgan fingerprint density at radius 2 is 2.05 bits per heavy atom. The summed E-state index contributed by atoms with van der Waals surface area (Å²) in [6.45, 7) is 2.00. The summed E-state index contributed by atoms with van der Waals surface area (Å²) in [5.74, 6) is -1.20. The summed E-state index contributed by atoms with van der Waals surface area (Å²) in [6.07, 6.45) is 4.27. The first kappa shape index (κ1) is 16.1. The van der Waals surface area contributed by atoms with E-state index in [9.17, 15) is 14.7 Å². The molecule has 0 aliphatic rings. The van der Waals surface area contributed by atoms with Crippen molar-refractivity contribution in [1.82, 2.24) is 9.88 Å². The van der Waals surface area contributed by atoms with E-state index in [1.54, 1.807) is 0 Å². The molecule has 1 unspecified atom stereocenters. The topological polar surface area (TPSA) is 71.3 Å². The van der Waals surface area contributed by atoms with Crippen molar-refractivity contribution >= 4 is 22.8 Å². The standard InChI is InChI=1S/C17H22N2O3/c1-3-4-9-16(20)18-14(17(21)22)10-12-11-19(2)15-8-6-5-7-13(12)15/h5-8,11,14H,3-4,9-10H2,1-2H3,(H,18,20)(H,21,22). The highest BCUT2D eigenvalue weighted by Crippen LogP contribution is 2.21. The molecule has 1 aromatic carbocycles. The third-order valence-electron chi connectivity index (χ3n) is 3.79. The van der Waals surface area contributed by atoms with Gasteiger partial charge in [-0.25, -0.2) is 4.79 Å². The molecule has 2 N–H and O–H groups in total. The maximum atomic E-state index is 11.8. The van der Waals surface area contributed by atoms with Crippen LogP contribution in [0.3, 0.4) is 0 Å². The summed E-state index contributed by atoms with van der Waals surface area (Å²) in [4.78, 5) is 23.2. The van der Waals surface area contributed by atoms with E-state index in [2.05, 4.69) is 5.32 Å². The Balaban J connectivity index is 2.16. The Morgan fingerprint density at radius 1 is 1.32 bits per heavy atom. The fraction of sp³-hybridized carbons (Fsp3) is 0.412. The zero-order valence-corrected chi connectivity index (χ0v) is 13.0. The minimum atomic E-state index is -1.00. The molecule has 1 atom stereocenters. The van der Waals surface area contributed by atoms with Crippen LogP contribution in [0, 0.1) is 0 Å². The lowest BCUT2D eigenvalue weighted by Crippen LogP contribution is -2.42. The largest absolute Gasteiger partial charge is 0.480 e. The van der Waals surface area contributed by atoms with E-state index < -0.39 is 12.0 Å². The number of fused-ring (bicyclic) bond motifs is 1. The number of nitrogens with zero attached hydrogens (tertiary/aromatic N) is 1. The maximum Gasteiger partial charge on any atom is 0.326 e. The van der Waals surface area contributed by atoms with Gasteiger partial charge < -0.3 is 15.0 Å². The number of hydrogen-bond donors (Lipinski definition) is 2. The average Bonchev–Trinajstić information content (AvgIpc) is 2.81. The lowest BCUT2D eigenvalue weighted by Gasteiger charge is -2.14. The van der Waals surface area contributed by atoms with Crippen molar-refractivity contribution in [2.45, 2.75) is 38.6 Å². The van der Waals surface area contributed by atoms with Gasteiger partial charge in [0.15, 0.2) is 0 Å². The van der Waals surface area contributed by atoms with Crippen molar-refractivity contribution in [1.29, 1.82) is 0 Å². The molecule has 0 bridgehead atoms. The number of para-hydroxylation sites is 1. The van der Waals surface area contributed by atoms with Crippen molar-refractivity contribution < 1.29 is 14.7 Å². The number of carbonyl (C=O) groups is 2. The minimum Gasteiger partial charge on any atom is -0.480 e. The molecule has 1 amide bonds. The van der Waals surface area contributed by atoms with Gasteiger partial charge in [0.2, 0.25) is 5.91 Å². The van der Waals surface area contributed by atoms with E-state index >= 15 is 0 Å². The Bertz CT molecular complexity index is 676. The van der Waals surface area contributed by atoms with Gasteiger partial charge in [-0.2, -0.15) is 0 Å². The normalized spacial score (nSPS) is 12.3. The number of amides is 1. The second-order valence-corrected chi connectivity index (χ2v) is 5.55. The lowest BCUT2D eigenvalue weighted by molar-refractivity contribution is -0.141. The molecule has 0 radical (unpaired) electrons. The molecule has 2 rings (SSSR count). The lowest BCUT2D eigenvalue weighted by atomic mass is 10.0. The number of carbonyl (C=O) groups excluding carboxylic acids is 1. The molecule has 1 heterocycles. The van der Waals surface area contributed by atoms with Crippen LogP contribution in [0.5, 0.6) is 0 Å². The highest BCUT2D eigenvalue weighted by molar-refractivity contribution is 5.87. The van der Waals surface area contributed by atoms with Crippen LogP contribution in [0.4, 0.5) is 0 Å². The van der Waals surface area contributed by atoms with Crippen molar-refractivity contribution in [2.75, 3.05) is 0 Å². The number of carboxylic acids is 1. The van der Waals surface area contributed by atoms with E-state index in [1.807, 2.05) is 49.0 Å². The van der Waals surface area contributed by atoms with Gasteiger partial charge in [0.1, 0.15) is 6.04 Å². The van der Waals surface area contributed by atoms with Crippen molar-refractivity contribution in [2.24, 2.45) is 7.05 Å². The number of carboxylic acid groups (broad SMARTS) is 1. The van der Waals surface area contributed by atoms with Gasteiger partial charge in [0.25, 0.3) is 0 Å². The fourth-order valence-electron chi connectivity index (χ4n) is 2.61. The quantitative estimate of drug-likeness (QED) is 0.825. The van der Waals surface area contributed by atoms with Gasteiger partial charge in [-0.1, -0.05) is 31.5 Å². The summed E-state index contributed by atoms with van der Waals surface area (Å²) >= 11 is 0. The van der Waals surface area contributed by atoms with E-state index in [4.69, 9.17) is 0 Å². The summed E-state index contributed by atoms with van der Waals surface area (Å²) in [6, 6.07) is 6.96. The molecule has 5 nitrogen and oxygen atoms in total. The fourth-order valence-corrected chi connectivity index (χ4v) is 2.61. The molecule has 22 heavy (non-hydrogen) atoms. The average molecular weight is 302 g/mol. The highest BCUT2D eigenvalue weighted by Gasteiger charge is 2.21. The van der Waals surface area contributed by atoms with Gasteiger partial charge in [-0.3, -0.25) is 4.79 Å². The van der Waals surface area contributed by atoms with E-state index in [-0.39, 0.29) is 12.3 Å². The SMILES string of the molecule is CCCCC(=O)NC(Cc1cn(C)c2ccccc12)C(=O)O. The van der Waals surface area contributed by atoms with Crippen LogP contribution in [0.25, 0.3) is 10.9 Å². The van der Waals surface area contributed by atoms with Crippen molar-refractivity contribution in [3.8, 4) is 0 Å². The van der Waals surface area contributed by atoms with Crippen LogP contribution in [0.2, 0.25) is 0 Å². The van der Waals surface area contributed by atoms with Crippen LogP contribution in [0.1, 0.15) is 31.7 Å². The number of aryl methyl sites for hydroxylation is 1. The zero-order valence-electron chi connectivity index (χ0n) is 13.0. The number of nitrogens with one attached hydrogen (secondary N) is 1. The predicted molar refractivity (Wildman–Crippen MR) is 85.7 cm³/mol. The summed E-state index contributed by atoms with van der Waals surface area (Å²) in [7, 11) is 1.93. The van der Waals surface area contributed by atoms with E-state index in [1.165, 1.54) is 0 Å². The number of aromatic nitrogens is 1. The van der Waals surface area contributed by atoms with Crippen LogP contribution in [-0.2, 0) is 23.1 Å². The summed E-state index contributed by atoms with van der Waals surface area (Å²) in [5, 5.41) is 13.0. The van der Waals surface area contributed by atoms with Crippen LogP contribution in [-0.4, -0.2) is 27.6 Å². The molecular formula is C17H22N2O3. The number of hydrogen-bond acceptors (Lipinski definition) is 2. The molecule has 0 aliphatic heterocycles. The molecular weight excluding hydrogens is 280 g/mol. The summed E-state index contributed by atoms with van der Waals surface area (Å²) in [5.41, 5.74) is 1.99. The number of benzene rings is 1. The second kappa shape index (κ2) is 7.11. The first-order valence-electron chi connectivity index (χ1n) is 7.58. The summed E-state index contributed by atoms with van der Waals surface area (Å²) < 4.78 is 1.97. The molecule has 0 spiro atoms. The Morgan fingerprint density at radius 3 is 2.73 bits per heavy atom. The van der Waals surface area contributed by atoms with E-state index in [0.29, 0.717) is 6.42 Å². The monoisotopic (exact) mass is 302 g/mol. The maximum absolute atomic E-state index is 11.8. The van der Waals surface area contributed by atoms with Gasteiger partial charge in [0.05, 0.1) is 0 Å². The number of unbranched alkanes of at least 4 members (excludes halogenated alkanes) is 1. The molecule has 0 saturated heterocycles. The zero-order chi connectivity index (χ0) is 16.1. The van der Waals surface area contributed by atoms with Gasteiger partial charge in [-0.05, 0) is 18.1 Å². The van der Waals surface area contributed by atoms with Gasteiger partial charge >= 0.3 is 5.97 Å². The smallest absolute Gasteiger partial charge is 0.326 e. The van der Waals surface area contributed by atoms with Crippen LogP contribution < -0.4 is 5.32 Å². The van der Waals surface area contributed by atoms with Crippen molar-refractivity contribution in [3.63, 3.8) is 0 Å². The number of rotatable bonds is 7. The predicted octanol–water partition coefficient (Wildman–Crippen LogP) is 2.48. The first-order valence-corrected chi connectivity index (χ1v) is 7.58.